The van der Waals surface area contributed by atoms with E-state index in [2.05, 4.69) is 5.32 Å². The minimum absolute atomic E-state index is 0.0353. The lowest BCUT2D eigenvalue weighted by Crippen LogP contribution is -2.36. The van der Waals surface area contributed by atoms with Crippen LogP contribution in [0.15, 0.2) is 77.1 Å². The van der Waals surface area contributed by atoms with E-state index in [9.17, 15) is 19.2 Å². The van der Waals surface area contributed by atoms with Crippen LogP contribution in [0, 0.1) is 0 Å². The molecule has 2 heterocycles. The number of hydrogen-bond donors (Lipinski definition) is 1. The molecule has 0 saturated heterocycles. The fraction of sp³-hybridized carbons (Fsp3) is 0.286. The van der Waals surface area contributed by atoms with Crippen LogP contribution in [0.5, 0.6) is 0 Å². The molecule has 9 nitrogen and oxygen atoms in total. The number of carbonyl (C=O) groups excluding carboxylic acids is 4. The van der Waals surface area contributed by atoms with Gasteiger partial charge in [-0.15, -0.1) is 0 Å². The van der Waals surface area contributed by atoms with Crippen LogP contribution in [0.3, 0.4) is 0 Å². The van der Waals surface area contributed by atoms with Gasteiger partial charge in [0, 0.05) is 5.70 Å². The summed E-state index contributed by atoms with van der Waals surface area (Å²) in [5.41, 5.74) is 2.94. The van der Waals surface area contributed by atoms with Crippen molar-refractivity contribution < 1.29 is 33.4 Å². The lowest BCUT2D eigenvalue weighted by Gasteiger charge is -2.31. The predicted octanol–water partition coefficient (Wildman–Crippen LogP) is 2.95. The summed E-state index contributed by atoms with van der Waals surface area (Å²) >= 11 is 0. The third-order valence-corrected chi connectivity index (χ3v) is 6.26. The summed E-state index contributed by atoms with van der Waals surface area (Å²) in [7, 11) is 1.29. The number of carbonyl (C=O) groups is 4. The summed E-state index contributed by atoms with van der Waals surface area (Å²) in [5.74, 6) is -2.61. The van der Waals surface area contributed by atoms with E-state index < -0.39 is 17.9 Å². The van der Waals surface area contributed by atoms with Gasteiger partial charge in [0.1, 0.15) is 0 Å². The average Bonchev–Trinajstić information content (AvgIpc) is 3.15. The first-order valence-corrected chi connectivity index (χ1v) is 11.9. The summed E-state index contributed by atoms with van der Waals surface area (Å²) in [6.45, 7) is 3.64. The van der Waals surface area contributed by atoms with Crippen molar-refractivity contribution in [1.29, 1.82) is 0 Å². The van der Waals surface area contributed by atoms with E-state index in [4.69, 9.17) is 14.2 Å². The minimum Gasteiger partial charge on any atom is -0.466 e. The smallest absolute Gasteiger partial charge is 0.336 e. The highest BCUT2D eigenvalue weighted by atomic mass is 16.5. The van der Waals surface area contributed by atoms with Gasteiger partial charge in [0.15, 0.2) is 0 Å². The SMILES string of the molecule is CCOC(=O)C1=C(COCCN2C(=O)c3ccccc3C2=O)NC(C)=C(C(=O)OC)C1c1ccccc1. The summed E-state index contributed by atoms with van der Waals surface area (Å²) in [5, 5.41) is 3.12. The Morgan fingerprint density at radius 2 is 1.54 bits per heavy atom. The number of imide groups is 1. The number of hydrogen-bond acceptors (Lipinski definition) is 8. The van der Waals surface area contributed by atoms with Crippen molar-refractivity contribution in [3.8, 4) is 0 Å². The van der Waals surface area contributed by atoms with Crippen molar-refractivity contribution in [1.82, 2.24) is 10.2 Å². The zero-order valence-electron chi connectivity index (χ0n) is 20.9. The van der Waals surface area contributed by atoms with E-state index >= 15 is 0 Å². The molecule has 0 fully saturated rings. The van der Waals surface area contributed by atoms with E-state index in [0.29, 0.717) is 28.1 Å². The number of ether oxygens (including phenoxy) is 3. The van der Waals surface area contributed by atoms with Gasteiger partial charge < -0.3 is 19.5 Å². The zero-order chi connectivity index (χ0) is 26.5. The minimum atomic E-state index is -0.733. The maximum atomic E-state index is 13.2. The van der Waals surface area contributed by atoms with E-state index in [0.717, 1.165) is 10.5 Å². The molecule has 0 aromatic heterocycles. The van der Waals surface area contributed by atoms with E-state index in [-0.39, 0.29) is 43.8 Å². The number of methoxy groups -OCH3 is 1. The Balaban J connectivity index is 1.57. The first-order chi connectivity index (χ1) is 17.9. The molecular formula is C28H28N2O7. The number of benzene rings is 2. The first kappa shape index (κ1) is 25.8. The molecule has 0 bridgehead atoms. The fourth-order valence-electron chi connectivity index (χ4n) is 4.59. The van der Waals surface area contributed by atoms with Crippen molar-refractivity contribution in [2.45, 2.75) is 19.8 Å². The molecule has 192 valence electrons. The van der Waals surface area contributed by atoms with Crippen LogP contribution in [0.1, 0.15) is 46.0 Å². The third-order valence-electron chi connectivity index (χ3n) is 6.26. The first-order valence-electron chi connectivity index (χ1n) is 11.9. The van der Waals surface area contributed by atoms with Gasteiger partial charge in [-0.3, -0.25) is 14.5 Å². The molecule has 2 aliphatic rings. The second-order valence-electron chi connectivity index (χ2n) is 8.47. The Hall–Kier alpha value is -4.24. The summed E-state index contributed by atoms with van der Waals surface area (Å²) in [6, 6.07) is 15.8. The highest BCUT2D eigenvalue weighted by Crippen LogP contribution is 2.39. The van der Waals surface area contributed by atoms with Crippen LogP contribution in [0.2, 0.25) is 0 Å². The predicted molar refractivity (Wildman–Crippen MR) is 133 cm³/mol. The molecule has 2 aromatic rings. The number of nitrogens with zero attached hydrogens (tertiary/aromatic N) is 1. The molecule has 2 amide bonds. The molecule has 4 rings (SSSR count). The molecular weight excluding hydrogens is 476 g/mol. The second kappa shape index (κ2) is 11.2. The third kappa shape index (κ3) is 5.03. The Bertz CT molecular complexity index is 1260. The maximum absolute atomic E-state index is 13.2. The molecule has 1 unspecified atom stereocenters. The quantitative estimate of drug-likeness (QED) is 0.315. The highest BCUT2D eigenvalue weighted by molar-refractivity contribution is 6.21. The van der Waals surface area contributed by atoms with Gasteiger partial charge in [-0.25, -0.2) is 9.59 Å². The largest absolute Gasteiger partial charge is 0.466 e. The van der Waals surface area contributed by atoms with E-state index in [1.165, 1.54) is 7.11 Å². The maximum Gasteiger partial charge on any atom is 0.336 e. The fourth-order valence-corrected chi connectivity index (χ4v) is 4.59. The van der Waals surface area contributed by atoms with Crippen molar-refractivity contribution in [3.05, 3.63) is 93.8 Å². The van der Waals surface area contributed by atoms with E-state index in [1.807, 2.05) is 30.3 Å². The van der Waals surface area contributed by atoms with Crippen LogP contribution in [0.4, 0.5) is 0 Å². The Kier molecular flexibility index (Phi) is 7.83. The van der Waals surface area contributed by atoms with Crippen LogP contribution >= 0.6 is 0 Å². The van der Waals surface area contributed by atoms with Crippen molar-refractivity contribution in [2.75, 3.05) is 33.5 Å². The van der Waals surface area contributed by atoms with Crippen LogP contribution in [0.25, 0.3) is 0 Å². The summed E-state index contributed by atoms with van der Waals surface area (Å²) in [4.78, 5) is 52.3. The van der Waals surface area contributed by atoms with Crippen LogP contribution in [-0.2, 0) is 23.8 Å². The number of rotatable bonds is 9. The molecule has 37 heavy (non-hydrogen) atoms. The standard InChI is InChI=1S/C28H28N2O7/c1-4-37-28(34)24-21(16-36-15-14-30-25(31)19-12-8-9-13-20(19)26(30)32)29-17(2)22(27(33)35-3)23(24)18-10-6-5-7-11-18/h5-13,23,29H,4,14-16H2,1-3H3. The number of nitrogens with one attached hydrogen (secondary N) is 1. The Morgan fingerprint density at radius 1 is 0.919 bits per heavy atom. The number of esters is 2. The number of fused-ring (bicyclic) bond motifs is 1. The summed E-state index contributed by atoms with van der Waals surface area (Å²) < 4.78 is 16.2. The lowest BCUT2D eigenvalue weighted by atomic mass is 9.80. The number of amides is 2. The van der Waals surface area contributed by atoms with Gasteiger partial charge in [-0.1, -0.05) is 42.5 Å². The Morgan fingerprint density at radius 3 is 2.14 bits per heavy atom. The lowest BCUT2D eigenvalue weighted by molar-refractivity contribution is -0.139. The van der Waals surface area contributed by atoms with Gasteiger partial charge in [0.05, 0.1) is 67.4 Å². The monoisotopic (exact) mass is 504 g/mol. The van der Waals surface area contributed by atoms with Crippen molar-refractivity contribution >= 4 is 23.8 Å². The Labute approximate surface area is 214 Å². The van der Waals surface area contributed by atoms with Gasteiger partial charge in [0.25, 0.3) is 11.8 Å². The number of dihydropyridines is 1. The molecule has 1 atom stereocenters. The highest BCUT2D eigenvalue weighted by Gasteiger charge is 2.39. The molecule has 0 aliphatic carbocycles. The molecule has 0 saturated carbocycles. The number of allylic oxidation sites excluding steroid dienone is 1. The molecule has 2 aromatic carbocycles. The van der Waals surface area contributed by atoms with E-state index in [1.54, 1.807) is 38.1 Å². The normalized spacial score (nSPS) is 17.1. The van der Waals surface area contributed by atoms with Crippen molar-refractivity contribution in [3.63, 3.8) is 0 Å². The topological polar surface area (TPSA) is 111 Å². The van der Waals surface area contributed by atoms with Gasteiger partial charge >= 0.3 is 11.9 Å². The molecule has 1 N–H and O–H groups in total. The van der Waals surface area contributed by atoms with Gasteiger partial charge in [0.2, 0.25) is 0 Å². The second-order valence-corrected chi connectivity index (χ2v) is 8.47. The van der Waals surface area contributed by atoms with Crippen LogP contribution < -0.4 is 5.32 Å². The summed E-state index contributed by atoms with van der Waals surface area (Å²) in [6.07, 6.45) is 0. The van der Waals surface area contributed by atoms with Gasteiger partial charge in [-0.05, 0) is 31.5 Å². The molecule has 0 radical (unpaired) electrons. The molecule has 9 heteroatoms. The zero-order valence-corrected chi connectivity index (χ0v) is 20.9. The van der Waals surface area contributed by atoms with Crippen molar-refractivity contribution in [2.24, 2.45) is 0 Å². The molecule has 2 aliphatic heterocycles. The van der Waals surface area contributed by atoms with Gasteiger partial charge in [-0.2, -0.15) is 0 Å². The van der Waals surface area contributed by atoms with Crippen LogP contribution in [-0.4, -0.2) is 62.1 Å². The molecule has 0 spiro atoms. The average molecular weight is 505 g/mol.